The SMILES string of the molecule is CC1(C)Cc2cc(OC/C(=C\F)CN)ccc2C(=O)N1. The molecule has 0 fully saturated rings. The van der Waals surface area contributed by atoms with Gasteiger partial charge in [0.15, 0.2) is 0 Å². The van der Waals surface area contributed by atoms with E-state index in [0.29, 0.717) is 23.2 Å². The van der Waals surface area contributed by atoms with Gasteiger partial charge in [0.2, 0.25) is 0 Å². The lowest BCUT2D eigenvalue weighted by atomic mass is 9.87. The smallest absolute Gasteiger partial charge is 0.251 e. The van der Waals surface area contributed by atoms with E-state index in [1.165, 1.54) is 0 Å². The summed E-state index contributed by atoms with van der Waals surface area (Å²) in [6.07, 6.45) is 1.20. The Balaban J connectivity index is 2.17. The van der Waals surface area contributed by atoms with E-state index in [-0.39, 0.29) is 24.6 Å². The van der Waals surface area contributed by atoms with E-state index in [1.807, 2.05) is 19.9 Å². The lowest BCUT2D eigenvalue weighted by Crippen LogP contribution is -2.49. The van der Waals surface area contributed by atoms with Crippen LogP contribution in [0, 0.1) is 0 Å². The Morgan fingerprint density at radius 1 is 1.55 bits per heavy atom. The van der Waals surface area contributed by atoms with Gasteiger partial charge in [0.05, 0.1) is 6.33 Å². The Bertz CT molecular complexity index is 553. The minimum Gasteiger partial charge on any atom is -0.489 e. The summed E-state index contributed by atoms with van der Waals surface area (Å²) in [6.45, 7) is 4.18. The first-order chi connectivity index (χ1) is 9.45. The van der Waals surface area contributed by atoms with Crippen molar-refractivity contribution in [2.24, 2.45) is 5.73 Å². The minimum atomic E-state index is -0.274. The molecule has 4 nitrogen and oxygen atoms in total. The molecule has 1 amide bonds. The molecule has 2 rings (SSSR count). The Morgan fingerprint density at radius 2 is 2.30 bits per heavy atom. The van der Waals surface area contributed by atoms with Crippen molar-refractivity contribution in [1.29, 1.82) is 0 Å². The quantitative estimate of drug-likeness (QED) is 0.884. The zero-order valence-corrected chi connectivity index (χ0v) is 11.7. The fourth-order valence-corrected chi connectivity index (χ4v) is 2.23. The summed E-state index contributed by atoms with van der Waals surface area (Å²) in [6, 6.07) is 5.28. The van der Waals surface area contributed by atoms with Crippen LogP contribution in [0.1, 0.15) is 29.8 Å². The third-order valence-corrected chi connectivity index (χ3v) is 3.25. The van der Waals surface area contributed by atoms with Gasteiger partial charge < -0.3 is 15.8 Å². The number of carbonyl (C=O) groups excluding carboxylic acids is 1. The van der Waals surface area contributed by atoms with E-state index in [2.05, 4.69) is 5.32 Å². The van der Waals surface area contributed by atoms with E-state index in [4.69, 9.17) is 10.5 Å². The molecular weight excluding hydrogens is 259 g/mol. The number of rotatable bonds is 4. The van der Waals surface area contributed by atoms with Crippen molar-refractivity contribution < 1.29 is 13.9 Å². The fraction of sp³-hybridized carbons (Fsp3) is 0.400. The van der Waals surface area contributed by atoms with Crippen LogP contribution < -0.4 is 15.8 Å². The summed E-state index contributed by atoms with van der Waals surface area (Å²) in [4.78, 5) is 11.9. The highest BCUT2D eigenvalue weighted by molar-refractivity contribution is 5.97. The molecule has 0 aliphatic carbocycles. The highest BCUT2D eigenvalue weighted by atomic mass is 19.1. The van der Waals surface area contributed by atoms with Crippen LogP contribution in [0.2, 0.25) is 0 Å². The largest absolute Gasteiger partial charge is 0.489 e. The summed E-state index contributed by atoms with van der Waals surface area (Å²) >= 11 is 0. The van der Waals surface area contributed by atoms with Crippen LogP contribution in [0.25, 0.3) is 0 Å². The third kappa shape index (κ3) is 3.17. The molecule has 0 bridgehead atoms. The number of nitrogens with one attached hydrogen (secondary N) is 1. The molecule has 0 radical (unpaired) electrons. The first kappa shape index (κ1) is 14.5. The van der Waals surface area contributed by atoms with Gasteiger partial charge in [0, 0.05) is 23.2 Å². The molecular formula is C15H19FN2O2. The van der Waals surface area contributed by atoms with Gasteiger partial charge in [-0.05, 0) is 44.0 Å². The molecule has 1 aliphatic rings. The highest BCUT2D eigenvalue weighted by Gasteiger charge is 2.29. The lowest BCUT2D eigenvalue weighted by Gasteiger charge is -2.32. The molecule has 1 aromatic rings. The van der Waals surface area contributed by atoms with Gasteiger partial charge in [0.1, 0.15) is 12.4 Å². The molecule has 0 saturated carbocycles. The lowest BCUT2D eigenvalue weighted by molar-refractivity contribution is 0.0897. The number of fused-ring (bicyclic) bond motifs is 1. The maximum absolute atomic E-state index is 12.4. The molecule has 1 aliphatic heterocycles. The van der Waals surface area contributed by atoms with E-state index >= 15 is 0 Å². The number of amides is 1. The van der Waals surface area contributed by atoms with Crippen molar-refractivity contribution in [2.45, 2.75) is 25.8 Å². The zero-order valence-electron chi connectivity index (χ0n) is 11.7. The van der Waals surface area contributed by atoms with Crippen LogP contribution in [0.4, 0.5) is 4.39 Å². The van der Waals surface area contributed by atoms with Gasteiger partial charge in [-0.2, -0.15) is 0 Å². The molecule has 0 saturated heterocycles. The Labute approximate surface area is 117 Å². The van der Waals surface area contributed by atoms with Crippen molar-refractivity contribution in [1.82, 2.24) is 5.32 Å². The van der Waals surface area contributed by atoms with Crippen LogP contribution in [0.15, 0.2) is 30.1 Å². The van der Waals surface area contributed by atoms with Crippen molar-refractivity contribution >= 4 is 5.91 Å². The highest BCUT2D eigenvalue weighted by Crippen LogP contribution is 2.26. The number of hydrogen-bond acceptors (Lipinski definition) is 3. The van der Waals surface area contributed by atoms with Crippen LogP contribution in [0.3, 0.4) is 0 Å². The van der Waals surface area contributed by atoms with Gasteiger partial charge in [-0.1, -0.05) is 0 Å². The van der Waals surface area contributed by atoms with E-state index in [9.17, 15) is 9.18 Å². The summed E-state index contributed by atoms with van der Waals surface area (Å²) in [5, 5.41) is 2.94. The Hall–Kier alpha value is -1.88. The van der Waals surface area contributed by atoms with Gasteiger partial charge in [0.25, 0.3) is 5.91 Å². The van der Waals surface area contributed by atoms with Gasteiger partial charge >= 0.3 is 0 Å². The van der Waals surface area contributed by atoms with Gasteiger partial charge in [-0.3, -0.25) is 4.79 Å². The maximum atomic E-state index is 12.4. The van der Waals surface area contributed by atoms with E-state index in [1.54, 1.807) is 12.1 Å². The predicted molar refractivity (Wildman–Crippen MR) is 75.4 cm³/mol. The first-order valence-corrected chi connectivity index (χ1v) is 6.51. The number of ether oxygens (including phenoxy) is 1. The standard InChI is InChI=1S/C15H19FN2O2/c1-15(2)6-11-5-12(20-9-10(7-16)8-17)3-4-13(11)14(19)18-15/h3-5,7H,6,8-9,17H2,1-2H3,(H,18,19)/b10-7-. The van der Waals surface area contributed by atoms with Crippen molar-refractivity contribution in [3.05, 3.63) is 41.2 Å². The molecule has 20 heavy (non-hydrogen) atoms. The molecule has 0 spiro atoms. The Morgan fingerprint density at radius 3 is 2.95 bits per heavy atom. The van der Waals surface area contributed by atoms with Crippen LogP contribution in [0.5, 0.6) is 5.75 Å². The molecule has 1 heterocycles. The van der Waals surface area contributed by atoms with Gasteiger partial charge in [-0.25, -0.2) is 4.39 Å². The number of nitrogens with two attached hydrogens (primary N) is 1. The summed E-state index contributed by atoms with van der Waals surface area (Å²) < 4.78 is 17.9. The topological polar surface area (TPSA) is 64.3 Å². The van der Waals surface area contributed by atoms with Gasteiger partial charge in [-0.15, -0.1) is 0 Å². The monoisotopic (exact) mass is 278 g/mol. The average molecular weight is 278 g/mol. The normalized spacial score (nSPS) is 17.4. The zero-order chi connectivity index (χ0) is 14.8. The molecule has 0 aromatic heterocycles. The molecule has 1 aromatic carbocycles. The molecule has 5 heteroatoms. The second kappa shape index (κ2) is 5.63. The molecule has 0 atom stereocenters. The first-order valence-electron chi connectivity index (χ1n) is 6.51. The van der Waals surface area contributed by atoms with Crippen LogP contribution >= 0.6 is 0 Å². The molecule has 3 N–H and O–H groups in total. The van der Waals surface area contributed by atoms with Crippen LogP contribution in [-0.4, -0.2) is 24.6 Å². The van der Waals surface area contributed by atoms with Crippen LogP contribution in [-0.2, 0) is 6.42 Å². The van der Waals surface area contributed by atoms with E-state index < -0.39 is 0 Å². The van der Waals surface area contributed by atoms with Crippen molar-refractivity contribution in [2.75, 3.05) is 13.2 Å². The summed E-state index contributed by atoms with van der Waals surface area (Å²) in [7, 11) is 0. The predicted octanol–water partition coefficient (Wildman–Crippen LogP) is 1.94. The second-order valence-electron chi connectivity index (χ2n) is 5.59. The van der Waals surface area contributed by atoms with Crippen molar-refractivity contribution in [3.63, 3.8) is 0 Å². The minimum absolute atomic E-state index is 0.0749. The number of halogens is 1. The maximum Gasteiger partial charge on any atom is 0.251 e. The fourth-order valence-electron chi connectivity index (χ4n) is 2.23. The molecule has 108 valence electrons. The number of hydrogen-bond donors (Lipinski definition) is 2. The second-order valence-corrected chi connectivity index (χ2v) is 5.59. The average Bonchev–Trinajstić information content (AvgIpc) is 2.38. The van der Waals surface area contributed by atoms with E-state index in [0.717, 1.165) is 12.0 Å². The number of benzene rings is 1. The Kier molecular flexibility index (Phi) is 4.09. The summed E-state index contributed by atoms with van der Waals surface area (Å²) in [5.74, 6) is 0.538. The molecule has 0 unspecified atom stereocenters. The number of carbonyl (C=O) groups is 1. The third-order valence-electron chi connectivity index (χ3n) is 3.25. The van der Waals surface area contributed by atoms with Crippen molar-refractivity contribution in [3.8, 4) is 5.75 Å². The summed E-state index contributed by atoms with van der Waals surface area (Å²) in [5.41, 5.74) is 7.09.